The number of hydrogen-bond acceptors (Lipinski definition) is 7. The minimum Gasteiger partial charge on any atom is -0.507 e. The number of amides is 1. The molecular weight excluding hydrogens is 450 g/mol. The van der Waals surface area contributed by atoms with Gasteiger partial charge >= 0.3 is 0 Å². The molecule has 0 aromatic heterocycles. The number of methoxy groups -OCH3 is 2. The van der Waals surface area contributed by atoms with Gasteiger partial charge in [0, 0.05) is 25.8 Å². The lowest BCUT2D eigenvalue weighted by Crippen LogP contribution is -2.31. The van der Waals surface area contributed by atoms with Gasteiger partial charge < -0.3 is 29.0 Å². The molecular formula is C27H33NO7. The van der Waals surface area contributed by atoms with Gasteiger partial charge in [-0.3, -0.25) is 9.59 Å². The molecule has 2 aromatic carbocycles. The van der Waals surface area contributed by atoms with Crippen LogP contribution in [0.3, 0.4) is 0 Å². The van der Waals surface area contributed by atoms with E-state index in [0.29, 0.717) is 48.0 Å². The van der Waals surface area contributed by atoms with E-state index in [-0.39, 0.29) is 24.0 Å². The summed E-state index contributed by atoms with van der Waals surface area (Å²) in [4.78, 5) is 27.7. The summed E-state index contributed by atoms with van der Waals surface area (Å²) in [7, 11) is 3.11. The zero-order chi connectivity index (χ0) is 25.5. The lowest BCUT2D eigenvalue weighted by atomic mass is 9.95. The van der Waals surface area contributed by atoms with Crippen molar-refractivity contribution in [2.45, 2.75) is 39.3 Å². The lowest BCUT2D eigenvalue weighted by Gasteiger charge is -2.26. The maximum absolute atomic E-state index is 13.2. The number of hydrogen-bond donors (Lipinski definition) is 1. The Balaban J connectivity index is 2.11. The van der Waals surface area contributed by atoms with E-state index in [1.165, 1.54) is 12.0 Å². The molecule has 0 spiro atoms. The predicted octanol–water partition coefficient (Wildman–Crippen LogP) is 4.34. The highest BCUT2D eigenvalue weighted by Gasteiger charge is 2.46. The first-order valence-electron chi connectivity index (χ1n) is 11.7. The van der Waals surface area contributed by atoms with E-state index in [0.717, 1.165) is 0 Å². The van der Waals surface area contributed by atoms with Crippen molar-refractivity contribution in [3.63, 3.8) is 0 Å². The Morgan fingerprint density at radius 2 is 1.77 bits per heavy atom. The van der Waals surface area contributed by atoms with Crippen LogP contribution in [0.5, 0.6) is 17.2 Å². The fourth-order valence-corrected chi connectivity index (χ4v) is 4.07. The molecule has 35 heavy (non-hydrogen) atoms. The molecule has 1 saturated heterocycles. The van der Waals surface area contributed by atoms with Crippen molar-refractivity contribution in [3.8, 4) is 17.2 Å². The zero-order valence-electron chi connectivity index (χ0n) is 20.9. The topological polar surface area (TPSA) is 94.5 Å². The van der Waals surface area contributed by atoms with Gasteiger partial charge in [-0.15, -0.1) is 0 Å². The Hall–Kier alpha value is -3.52. The summed E-state index contributed by atoms with van der Waals surface area (Å²) in [5.41, 5.74) is 1.07. The van der Waals surface area contributed by atoms with Gasteiger partial charge in [0.05, 0.1) is 31.4 Å². The highest BCUT2D eigenvalue weighted by molar-refractivity contribution is 6.46. The molecule has 8 nitrogen and oxygen atoms in total. The Bertz CT molecular complexity index is 1080. The van der Waals surface area contributed by atoms with Gasteiger partial charge in [-0.1, -0.05) is 6.07 Å². The largest absolute Gasteiger partial charge is 0.507 e. The van der Waals surface area contributed by atoms with Crippen molar-refractivity contribution in [2.75, 3.05) is 34.0 Å². The van der Waals surface area contributed by atoms with E-state index in [4.69, 9.17) is 18.9 Å². The molecule has 1 amide bonds. The van der Waals surface area contributed by atoms with Crippen LogP contribution in [0.15, 0.2) is 48.0 Å². The Morgan fingerprint density at radius 3 is 2.37 bits per heavy atom. The van der Waals surface area contributed by atoms with Crippen LogP contribution in [0.1, 0.15) is 44.4 Å². The van der Waals surface area contributed by atoms with Gasteiger partial charge in [0.2, 0.25) is 0 Å². The molecule has 0 bridgehead atoms. The number of ether oxygens (including phenoxy) is 4. The SMILES string of the molecule is CCOc1ccc(/C(O)=C2/C(=O)C(=O)N(CCCOC)C2c2ccc(OC(C)C)c(OC)c2)cc1. The van der Waals surface area contributed by atoms with Gasteiger partial charge in [0.25, 0.3) is 11.7 Å². The van der Waals surface area contributed by atoms with E-state index < -0.39 is 17.7 Å². The number of rotatable bonds is 11. The summed E-state index contributed by atoms with van der Waals surface area (Å²) in [5.74, 6) is 0.0207. The first-order chi connectivity index (χ1) is 16.8. The molecule has 8 heteroatoms. The van der Waals surface area contributed by atoms with Crippen molar-refractivity contribution in [1.82, 2.24) is 4.90 Å². The monoisotopic (exact) mass is 483 g/mol. The fraction of sp³-hybridized carbons (Fsp3) is 0.407. The predicted molar refractivity (Wildman–Crippen MR) is 132 cm³/mol. The molecule has 1 aliphatic rings. The third-order valence-electron chi connectivity index (χ3n) is 5.59. The minimum atomic E-state index is -0.791. The van der Waals surface area contributed by atoms with E-state index >= 15 is 0 Å². The molecule has 3 rings (SSSR count). The average Bonchev–Trinajstić information content (AvgIpc) is 3.09. The third-order valence-corrected chi connectivity index (χ3v) is 5.59. The van der Waals surface area contributed by atoms with E-state index in [1.54, 1.807) is 49.6 Å². The molecule has 1 fully saturated rings. The average molecular weight is 484 g/mol. The summed E-state index contributed by atoms with van der Waals surface area (Å²) < 4.78 is 21.9. The minimum absolute atomic E-state index is 0.0242. The van der Waals surface area contributed by atoms with Crippen LogP contribution in [0.4, 0.5) is 0 Å². The highest BCUT2D eigenvalue weighted by Crippen LogP contribution is 2.42. The van der Waals surface area contributed by atoms with Gasteiger partial charge in [0.1, 0.15) is 11.5 Å². The lowest BCUT2D eigenvalue weighted by molar-refractivity contribution is -0.140. The van der Waals surface area contributed by atoms with Crippen LogP contribution in [-0.2, 0) is 14.3 Å². The number of aliphatic hydroxyl groups excluding tert-OH is 1. The Kier molecular flexibility index (Phi) is 8.76. The van der Waals surface area contributed by atoms with Crippen molar-refractivity contribution < 1.29 is 33.6 Å². The van der Waals surface area contributed by atoms with E-state index in [2.05, 4.69) is 0 Å². The smallest absolute Gasteiger partial charge is 0.295 e. The summed E-state index contributed by atoms with van der Waals surface area (Å²) in [6.45, 7) is 6.93. The molecule has 1 N–H and O–H groups in total. The van der Waals surface area contributed by atoms with Gasteiger partial charge in [-0.2, -0.15) is 0 Å². The van der Waals surface area contributed by atoms with Gasteiger partial charge in [-0.25, -0.2) is 0 Å². The van der Waals surface area contributed by atoms with Crippen molar-refractivity contribution in [1.29, 1.82) is 0 Å². The second-order valence-corrected chi connectivity index (χ2v) is 8.37. The Morgan fingerprint density at radius 1 is 1.06 bits per heavy atom. The normalized spacial score (nSPS) is 17.2. The second-order valence-electron chi connectivity index (χ2n) is 8.37. The van der Waals surface area contributed by atoms with Crippen molar-refractivity contribution in [3.05, 3.63) is 59.2 Å². The van der Waals surface area contributed by atoms with E-state index in [1.807, 2.05) is 20.8 Å². The van der Waals surface area contributed by atoms with Crippen LogP contribution in [-0.4, -0.2) is 61.8 Å². The molecule has 2 aromatic rings. The third kappa shape index (κ3) is 5.77. The number of ketones is 1. The molecule has 188 valence electrons. The number of aliphatic hydroxyl groups is 1. The molecule has 1 unspecified atom stereocenters. The van der Waals surface area contributed by atoms with Gasteiger partial charge in [-0.05, 0) is 69.2 Å². The van der Waals surface area contributed by atoms with Crippen LogP contribution >= 0.6 is 0 Å². The quantitative estimate of drug-likeness (QED) is 0.220. The number of carbonyl (C=O) groups excluding carboxylic acids is 2. The van der Waals surface area contributed by atoms with E-state index in [9.17, 15) is 14.7 Å². The molecule has 1 aliphatic heterocycles. The number of nitrogens with zero attached hydrogens (tertiary/aromatic N) is 1. The van der Waals surface area contributed by atoms with Crippen LogP contribution < -0.4 is 14.2 Å². The summed E-state index contributed by atoms with van der Waals surface area (Å²) in [6, 6.07) is 11.2. The highest BCUT2D eigenvalue weighted by atomic mass is 16.5. The fourth-order valence-electron chi connectivity index (χ4n) is 4.07. The molecule has 1 heterocycles. The first-order valence-corrected chi connectivity index (χ1v) is 11.7. The van der Waals surface area contributed by atoms with Gasteiger partial charge in [0.15, 0.2) is 11.5 Å². The standard InChI is InChI=1S/C27H33NO7/c1-6-34-20-11-8-18(9-12-20)25(29)23-24(28(14-7-15-32-4)27(31)26(23)30)19-10-13-21(35-17(2)3)22(16-19)33-5/h8-13,16-17,24,29H,6-7,14-15H2,1-5H3/b25-23-. The number of benzene rings is 2. The van der Waals surface area contributed by atoms with Crippen LogP contribution in [0, 0.1) is 0 Å². The number of Topliss-reactive ketones (excluding diaryl/α,β-unsaturated/α-hetero) is 1. The molecule has 1 atom stereocenters. The second kappa shape index (κ2) is 11.8. The summed E-state index contributed by atoms with van der Waals surface area (Å²) in [6.07, 6.45) is 0.475. The number of likely N-dealkylation sites (tertiary alicyclic amines) is 1. The van der Waals surface area contributed by atoms with Crippen LogP contribution in [0.2, 0.25) is 0 Å². The zero-order valence-corrected chi connectivity index (χ0v) is 20.9. The summed E-state index contributed by atoms with van der Waals surface area (Å²) in [5, 5.41) is 11.2. The maximum atomic E-state index is 13.2. The molecule has 0 saturated carbocycles. The first kappa shape index (κ1) is 26.1. The van der Waals surface area contributed by atoms with Crippen molar-refractivity contribution in [2.24, 2.45) is 0 Å². The Labute approximate surface area is 206 Å². The molecule has 0 radical (unpaired) electrons. The number of carbonyl (C=O) groups is 2. The maximum Gasteiger partial charge on any atom is 0.295 e. The summed E-state index contributed by atoms with van der Waals surface area (Å²) >= 11 is 0. The van der Waals surface area contributed by atoms with Crippen LogP contribution in [0.25, 0.3) is 5.76 Å². The van der Waals surface area contributed by atoms with Crippen molar-refractivity contribution >= 4 is 17.4 Å². The molecule has 0 aliphatic carbocycles.